The third-order valence-electron chi connectivity index (χ3n) is 5.35. The average Bonchev–Trinajstić information content (AvgIpc) is 2.55. The van der Waals surface area contributed by atoms with Crippen molar-refractivity contribution in [3.63, 3.8) is 0 Å². The second kappa shape index (κ2) is 12.2. The van der Waals surface area contributed by atoms with Gasteiger partial charge in [-0.3, -0.25) is 0 Å². The van der Waals surface area contributed by atoms with Crippen LogP contribution >= 0.6 is 0 Å². The van der Waals surface area contributed by atoms with Gasteiger partial charge < -0.3 is 19.3 Å². The Morgan fingerprint density at radius 1 is 0.913 bits per heavy atom. The van der Waals surface area contributed by atoms with Gasteiger partial charge in [0.2, 0.25) is 0 Å². The molecule has 4 heteroatoms. The molecule has 0 bridgehead atoms. The van der Waals surface area contributed by atoms with E-state index < -0.39 is 0 Å². The molecule has 0 aromatic rings. The molecular formula is C19H40N2O2. The number of methoxy groups -OCH3 is 2. The Bertz CT molecular complexity index is 285. The molecule has 0 aromatic heterocycles. The Labute approximate surface area is 144 Å². The minimum absolute atomic E-state index is 0.0889. The highest BCUT2D eigenvalue weighted by Gasteiger charge is 2.34. The summed E-state index contributed by atoms with van der Waals surface area (Å²) >= 11 is 0. The van der Waals surface area contributed by atoms with Crippen LogP contribution in [0, 0.1) is 5.92 Å². The molecule has 1 heterocycles. The predicted octanol–water partition coefficient (Wildman–Crippen LogP) is 3.61. The minimum Gasteiger partial charge on any atom is -0.356 e. The fraction of sp³-hybridized carbons (Fsp3) is 1.00. The van der Waals surface area contributed by atoms with Gasteiger partial charge in [0.25, 0.3) is 0 Å². The van der Waals surface area contributed by atoms with Crippen molar-refractivity contribution in [3.8, 4) is 0 Å². The van der Waals surface area contributed by atoms with Crippen molar-refractivity contribution in [1.29, 1.82) is 0 Å². The fourth-order valence-corrected chi connectivity index (χ4v) is 3.80. The Balaban J connectivity index is 2.45. The maximum absolute atomic E-state index is 5.64. The van der Waals surface area contributed by atoms with Crippen LogP contribution < -0.4 is 0 Å². The van der Waals surface area contributed by atoms with Crippen LogP contribution in [0.15, 0.2) is 0 Å². The normalized spacial score (nSPS) is 21.9. The van der Waals surface area contributed by atoms with E-state index in [-0.39, 0.29) is 6.29 Å². The van der Waals surface area contributed by atoms with Crippen molar-refractivity contribution < 1.29 is 9.47 Å². The van der Waals surface area contributed by atoms with Crippen molar-refractivity contribution in [3.05, 3.63) is 0 Å². The lowest BCUT2D eigenvalue weighted by molar-refractivity contribution is -0.159. The average molecular weight is 329 g/mol. The number of nitrogens with zero attached hydrogens (tertiary/aromatic N) is 2. The molecule has 1 rings (SSSR count). The molecule has 0 radical (unpaired) electrons. The highest BCUT2D eigenvalue weighted by atomic mass is 16.7. The third-order valence-corrected chi connectivity index (χ3v) is 5.35. The van der Waals surface area contributed by atoms with Crippen LogP contribution in [0.2, 0.25) is 0 Å². The molecule has 0 aliphatic carbocycles. The number of likely N-dealkylation sites (N-methyl/N-ethyl adjacent to an activating group) is 2. The summed E-state index contributed by atoms with van der Waals surface area (Å²) in [5.74, 6) is 0.452. The summed E-state index contributed by atoms with van der Waals surface area (Å²) in [7, 11) is 8.02. The first-order valence-electron chi connectivity index (χ1n) is 9.58. The van der Waals surface area contributed by atoms with Crippen LogP contribution in [0.4, 0.5) is 0 Å². The lowest BCUT2D eigenvalue weighted by atomic mass is 9.89. The number of piperazine rings is 1. The van der Waals surface area contributed by atoms with Gasteiger partial charge in [-0.15, -0.1) is 0 Å². The molecule has 1 aliphatic rings. The molecule has 0 saturated carbocycles. The topological polar surface area (TPSA) is 24.9 Å². The van der Waals surface area contributed by atoms with E-state index >= 15 is 0 Å². The zero-order valence-electron chi connectivity index (χ0n) is 16.2. The van der Waals surface area contributed by atoms with Crippen molar-refractivity contribution in [2.24, 2.45) is 5.92 Å². The number of ether oxygens (including phenoxy) is 2. The second-order valence-electron chi connectivity index (χ2n) is 7.22. The van der Waals surface area contributed by atoms with Crippen molar-refractivity contribution in [1.82, 2.24) is 9.80 Å². The van der Waals surface area contributed by atoms with Gasteiger partial charge in [-0.25, -0.2) is 0 Å². The van der Waals surface area contributed by atoms with Crippen LogP contribution in [0.3, 0.4) is 0 Å². The number of hydrogen-bond donors (Lipinski definition) is 0. The van der Waals surface area contributed by atoms with Crippen molar-refractivity contribution >= 4 is 0 Å². The predicted molar refractivity (Wildman–Crippen MR) is 97.8 cm³/mol. The lowest BCUT2D eigenvalue weighted by Gasteiger charge is -2.43. The van der Waals surface area contributed by atoms with Gasteiger partial charge in [-0.2, -0.15) is 0 Å². The summed E-state index contributed by atoms with van der Waals surface area (Å²) in [4.78, 5) is 4.93. The second-order valence-corrected chi connectivity index (χ2v) is 7.22. The van der Waals surface area contributed by atoms with E-state index in [9.17, 15) is 0 Å². The zero-order valence-corrected chi connectivity index (χ0v) is 16.2. The van der Waals surface area contributed by atoms with Crippen molar-refractivity contribution in [2.75, 3.05) is 47.9 Å². The smallest absolute Gasteiger partial charge is 0.161 e. The third kappa shape index (κ3) is 7.51. The van der Waals surface area contributed by atoms with Gasteiger partial charge in [-0.1, -0.05) is 51.9 Å². The molecule has 1 saturated heterocycles. The van der Waals surface area contributed by atoms with Crippen molar-refractivity contribution in [2.45, 2.75) is 70.6 Å². The van der Waals surface area contributed by atoms with Crippen LogP contribution in [-0.4, -0.2) is 70.1 Å². The summed E-state index contributed by atoms with van der Waals surface area (Å²) in [6, 6.07) is 0.527. The highest BCUT2D eigenvalue weighted by Crippen LogP contribution is 2.26. The summed E-state index contributed by atoms with van der Waals surface area (Å²) in [5, 5.41) is 0. The number of rotatable bonds is 12. The monoisotopic (exact) mass is 328 g/mol. The van der Waals surface area contributed by atoms with E-state index in [1.165, 1.54) is 51.4 Å². The van der Waals surface area contributed by atoms with E-state index in [1.807, 2.05) is 0 Å². The highest BCUT2D eigenvalue weighted by molar-refractivity contribution is 4.86. The Hall–Kier alpha value is -0.160. The van der Waals surface area contributed by atoms with E-state index in [1.54, 1.807) is 14.2 Å². The molecule has 0 spiro atoms. The molecule has 0 N–H and O–H groups in total. The molecule has 1 fully saturated rings. The fourth-order valence-electron chi connectivity index (χ4n) is 3.80. The van der Waals surface area contributed by atoms with E-state index in [0.29, 0.717) is 12.0 Å². The summed E-state index contributed by atoms with van der Waals surface area (Å²) in [6.07, 6.45) is 10.6. The van der Waals surface area contributed by atoms with Gasteiger partial charge in [0.1, 0.15) is 0 Å². The largest absolute Gasteiger partial charge is 0.356 e. The zero-order chi connectivity index (χ0) is 17.1. The first-order chi connectivity index (χ1) is 11.1. The van der Waals surface area contributed by atoms with E-state index in [4.69, 9.17) is 9.47 Å². The molecular weight excluding hydrogens is 288 g/mol. The lowest BCUT2D eigenvalue weighted by Crippen LogP contribution is -2.55. The maximum atomic E-state index is 5.64. The Kier molecular flexibility index (Phi) is 11.1. The standard InChI is InChI=1S/C19H40N2O2/c1-6-7-8-9-10-11-12-13-17(19(22-4)23-5)18-16-20(2)14-15-21(18)3/h17-19H,6-16H2,1-5H3. The molecule has 1 aliphatic heterocycles. The van der Waals surface area contributed by atoms with Gasteiger partial charge in [-0.05, 0) is 20.5 Å². The van der Waals surface area contributed by atoms with Crippen LogP contribution in [0.5, 0.6) is 0 Å². The number of hydrogen-bond acceptors (Lipinski definition) is 4. The van der Waals surface area contributed by atoms with E-state index in [0.717, 1.165) is 19.6 Å². The first-order valence-corrected chi connectivity index (χ1v) is 9.58. The van der Waals surface area contributed by atoms with Gasteiger partial charge >= 0.3 is 0 Å². The SMILES string of the molecule is CCCCCCCCCC(C(OC)OC)C1CN(C)CCN1C. The van der Waals surface area contributed by atoms with Crippen LogP contribution in [0.25, 0.3) is 0 Å². The molecule has 0 aromatic carbocycles. The van der Waals surface area contributed by atoms with Crippen LogP contribution in [-0.2, 0) is 9.47 Å². The molecule has 2 unspecified atom stereocenters. The molecule has 0 amide bonds. The van der Waals surface area contributed by atoms with Gasteiger partial charge in [0.05, 0.1) is 0 Å². The van der Waals surface area contributed by atoms with Gasteiger partial charge in [0, 0.05) is 45.8 Å². The Morgan fingerprint density at radius 2 is 1.52 bits per heavy atom. The molecule has 4 nitrogen and oxygen atoms in total. The summed E-state index contributed by atoms with van der Waals surface area (Å²) < 4.78 is 11.3. The van der Waals surface area contributed by atoms with Gasteiger partial charge in [0.15, 0.2) is 6.29 Å². The van der Waals surface area contributed by atoms with Crippen LogP contribution in [0.1, 0.15) is 58.3 Å². The quantitative estimate of drug-likeness (QED) is 0.404. The summed E-state index contributed by atoms with van der Waals surface area (Å²) in [6.45, 7) is 5.68. The molecule has 23 heavy (non-hydrogen) atoms. The Morgan fingerprint density at radius 3 is 2.13 bits per heavy atom. The van der Waals surface area contributed by atoms with E-state index in [2.05, 4.69) is 30.8 Å². The number of unbranched alkanes of at least 4 members (excludes halogenated alkanes) is 6. The minimum atomic E-state index is -0.0889. The molecule has 2 atom stereocenters. The maximum Gasteiger partial charge on any atom is 0.161 e. The first kappa shape index (κ1) is 20.9. The molecule has 138 valence electrons. The summed E-state index contributed by atoms with van der Waals surface area (Å²) in [5.41, 5.74) is 0.